The maximum absolute atomic E-state index is 12.8. The molecule has 9 heteroatoms. The van der Waals surface area contributed by atoms with Gasteiger partial charge in [0, 0.05) is 30.2 Å². The fraction of sp³-hybridized carbons (Fsp3) is 0.292. The minimum absolute atomic E-state index is 0.0357. The first-order valence-electron chi connectivity index (χ1n) is 10.5. The van der Waals surface area contributed by atoms with Gasteiger partial charge < -0.3 is 14.8 Å². The Morgan fingerprint density at radius 2 is 1.70 bits per heavy atom. The highest BCUT2D eigenvalue weighted by molar-refractivity contribution is 6.08. The third-order valence-electron chi connectivity index (χ3n) is 4.91. The summed E-state index contributed by atoms with van der Waals surface area (Å²) in [5.41, 5.74) is 1.54. The number of benzene rings is 2. The van der Waals surface area contributed by atoms with Gasteiger partial charge >= 0.3 is 5.97 Å². The summed E-state index contributed by atoms with van der Waals surface area (Å²) < 4.78 is 10.3. The third kappa shape index (κ3) is 6.03. The Kier molecular flexibility index (Phi) is 7.55. The second kappa shape index (κ2) is 10.5. The minimum atomic E-state index is -0.459. The van der Waals surface area contributed by atoms with Crippen LogP contribution in [-0.2, 0) is 19.1 Å². The van der Waals surface area contributed by atoms with E-state index in [0.717, 1.165) is 0 Å². The van der Waals surface area contributed by atoms with Crippen LogP contribution in [0.4, 0.5) is 11.4 Å². The van der Waals surface area contributed by atoms with Gasteiger partial charge in [0.25, 0.3) is 5.91 Å². The number of Topliss-reactive ketones (excluding diaryl/α,β-unsaturated/α-hetero) is 2. The summed E-state index contributed by atoms with van der Waals surface area (Å²) in [7, 11) is 0. The van der Waals surface area contributed by atoms with Crippen molar-refractivity contribution < 1.29 is 33.4 Å². The molecule has 0 atom stereocenters. The first-order chi connectivity index (χ1) is 15.8. The summed E-state index contributed by atoms with van der Waals surface area (Å²) in [5, 5.41) is 2.62. The largest absolute Gasteiger partial charge is 0.482 e. The number of carbonyl (C=O) groups is 5. The highest BCUT2D eigenvalue weighted by Crippen LogP contribution is 2.33. The van der Waals surface area contributed by atoms with Gasteiger partial charge in [-0.1, -0.05) is 0 Å². The molecule has 3 rings (SSSR count). The minimum Gasteiger partial charge on any atom is -0.482 e. The molecule has 33 heavy (non-hydrogen) atoms. The van der Waals surface area contributed by atoms with Crippen LogP contribution >= 0.6 is 0 Å². The van der Waals surface area contributed by atoms with Crippen LogP contribution in [0, 0.1) is 0 Å². The van der Waals surface area contributed by atoms with Gasteiger partial charge in [-0.05, 0) is 49.4 Å². The molecule has 9 nitrogen and oxygen atoms in total. The van der Waals surface area contributed by atoms with Gasteiger partial charge in [0.2, 0.25) is 5.91 Å². The number of hydrogen-bond acceptors (Lipinski definition) is 7. The van der Waals surface area contributed by atoms with Crippen molar-refractivity contribution in [2.45, 2.75) is 26.7 Å². The monoisotopic (exact) mass is 452 g/mol. The Labute approximate surface area is 190 Å². The fourth-order valence-corrected chi connectivity index (χ4v) is 3.32. The van der Waals surface area contributed by atoms with Gasteiger partial charge in [-0.3, -0.25) is 28.9 Å². The van der Waals surface area contributed by atoms with E-state index in [2.05, 4.69) is 5.32 Å². The molecule has 0 unspecified atom stereocenters. The predicted octanol–water partition coefficient (Wildman–Crippen LogP) is 2.78. The van der Waals surface area contributed by atoms with Gasteiger partial charge in [0.05, 0.1) is 25.3 Å². The van der Waals surface area contributed by atoms with Crippen molar-refractivity contribution in [3.05, 3.63) is 53.6 Å². The fourth-order valence-electron chi connectivity index (χ4n) is 3.32. The molecule has 2 aromatic carbocycles. The third-order valence-corrected chi connectivity index (χ3v) is 4.91. The van der Waals surface area contributed by atoms with Crippen molar-refractivity contribution in [2.24, 2.45) is 0 Å². The Morgan fingerprint density at radius 1 is 1.00 bits per heavy atom. The quantitative estimate of drug-likeness (QED) is 0.459. The van der Waals surface area contributed by atoms with Gasteiger partial charge in [-0.25, -0.2) is 0 Å². The van der Waals surface area contributed by atoms with Gasteiger partial charge in [-0.15, -0.1) is 0 Å². The average Bonchev–Trinajstić information content (AvgIpc) is 2.79. The van der Waals surface area contributed by atoms with E-state index in [1.165, 1.54) is 17.9 Å². The molecule has 0 spiro atoms. The summed E-state index contributed by atoms with van der Waals surface area (Å²) in [6.45, 7) is 2.85. The zero-order valence-corrected chi connectivity index (χ0v) is 18.4. The number of amides is 2. The molecule has 0 saturated heterocycles. The molecule has 1 aliphatic heterocycles. The zero-order valence-electron chi connectivity index (χ0n) is 18.4. The van der Waals surface area contributed by atoms with Crippen molar-refractivity contribution in [3.63, 3.8) is 0 Å². The first kappa shape index (κ1) is 23.6. The van der Waals surface area contributed by atoms with Crippen LogP contribution in [0.3, 0.4) is 0 Å². The van der Waals surface area contributed by atoms with Crippen molar-refractivity contribution in [1.29, 1.82) is 0 Å². The molecule has 0 saturated carbocycles. The highest BCUT2D eigenvalue weighted by Gasteiger charge is 2.28. The molecule has 0 radical (unpaired) electrons. The number of ether oxygens (including phenoxy) is 2. The molecule has 2 amide bonds. The first-order valence-corrected chi connectivity index (χ1v) is 10.5. The number of hydrogen-bond donors (Lipinski definition) is 1. The molecule has 0 aliphatic carbocycles. The van der Waals surface area contributed by atoms with Crippen LogP contribution in [0.15, 0.2) is 42.5 Å². The van der Waals surface area contributed by atoms with E-state index < -0.39 is 11.9 Å². The number of rotatable bonds is 9. The summed E-state index contributed by atoms with van der Waals surface area (Å²) in [6.07, 6.45) is -0.0815. The average molecular weight is 452 g/mol. The van der Waals surface area contributed by atoms with Crippen LogP contribution in [-0.4, -0.2) is 49.1 Å². The number of ketones is 2. The lowest BCUT2D eigenvalue weighted by atomic mass is 10.0. The highest BCUT2D eigenvalue weighted by atomic mass is 16.5. The molecular formula is C24H24N2O7. The van der Waals surface area contributed by atoms with E-state index in [4.69, 9.17) is 9.47 Å². The topological polar surface area (TPSA) is 119 Å². The Morgan fingerprint density at radius 3 is 2.36 bits per heavy atom. The van der Waals surface area contributed by atoms with Crippen LogP contribution in [0.1, 0.15) is 47.4 Å². The van der Waals surface area contributed by atoms with E-state index in [1.54, 1.807) is 43.3 Å². The standard InChI is InChI=1S/C24H24N2O7/c1-3-32-24(31)11-9-20(28)17-6-10-22-19(12-17)26(23(30)14-33-22)13-21(29)16-4-7-18(8-5-16)25-15(2)27/h4-8,10,12H,3,9,11,13-14H2,1-2H3,(H,25,27). The lowest BCUT2D eigenvalue weighted by Crippen LogP contribution is -2.42. The molecule has 2 aromatic rings. The molecule has 1 aliphatic rings. The molecule has 0 bridgehead atoms. The second-order valence-electron chi connectivity index (χ2n) is 7.36. The summed E-state index contributed by atoms with van der Waals surface area (Å²) in [6, 6.07) is 11.0. The van der Waals surface area contributed by atoms with E-state index in [9.17, 15) is 24.0 Å². The Bertz CT molecular complexity index is 1090. The maximum atomic E-state index is 12.8. The normalized spacial score (nSPS) is 12.4. The zero-order chi connectivity index (χ0) is 24.0. The van der Waals surface area contributed by atoms with Crippen molar-refractivity contribution in [3.8, 4) is 5.75 Å². The number of nitrogens with zero attached hydrogens (tertiary/aromatic N) is 1. The molecule has 1 heterocycles. The summed E-state index contributed by atoms with van der Waals surface area (Å²) >= 11 is 0. The Hall–Kier alpha value is -4.01. The van der Waals surface area contributed by atoms with Gasteiger partial charge in [0.1, 0.15) is 5.75 Å². The number of fused-ring (bicyclic) bond motifs is 1. The molecule has 0 aromatic heterocycles. The number of esters is 1. The van der Waals surface area contributed by atoms with Crippen LogP contribution in [0.2, 0.25) is 0 Å². The SMILES string of the molecule is CCOC(=O)CCC(=O)c1ccc2c(c1)N(CC(=O)c1ccc(NC(C)=O)cc1)C(=O)CO2. The maximum Gasteiger partial charge on any atom is 0.306 e. The van der Waals surface area contributed by atoms with Crippen molar-refractivity contribution in [2.75, 3.05) is 30.0 Å². The van der Waals surface area contributed by atoms with E-state index in [-0.39, 0.29) is 50.1 Å². The smallest absolute Gasteiger partial charge is 0.306 e. The van der Waals surface area contributed by atoms with Gasteiger partial charge in [0.15, 0.2) is 18.2 Å². The molecule has 1 N–H and O–H groups in total. The number of carbonyl (C=O) groups excluding carboxylic acids is 5. The lowest BCUT2D eigenvalue weighted by molar-refractivity contribution is -0.143. The van der Waals surface area contributed by atoms with Crippen LogP contribution in [0.25, 0.3) is 0 Å². The van der Waals surface area contributed by atoms with Crippen molar-refractivity contribution in [1.82, 2.24) is 0 Å². The second-order valence-corrected chi connectivity index (χ2v) is 7.36. The van der Waals surface area contributed by atoms with E-state index >= 15 is 0 Å². The van der Waals surface area contributed by atoms with E-state index in [0.29, 0.717) is 28.3 Å². The molecule has 172 valence electrons. The Balaban J connectivity index is 1.76. The van der Waals surface area contributed by atoms with E-state index in [1.807, 2.05) is 0 Å². The van der Waals surface area contributed by atoms with Crippen molar-refractivity contribution >= 4 is 40.7 Å². The summed E-state index contributed by atoms with van der Waals surface area (Å²) in [4.78, 5) is 61.8. The van der Waals surface area contributed by atoms with Crippen LogP contribution < -0.4 is 15.0 Å². The van der Waals surface area contributed by atoms with Gasteiger partial charge in [-0.2, -0.15) is 0 Å². The van der Waals surface area contributed by atoms with Crippen LogP contribution in [0.5, 0.6) is 5.75 Å². The predicted molar refractivity (Wildman–Crippen MR) is 120 cm³/mol. The summed E-state index contributed by atoms with van der Waals surface area (Å²) in [5.74, 6) is -1.32. The molecule has 0 fully saturated rings. The lowest BCUT2D eigenvalue weighted by Gasteiger charge is -2.29. The molecular weight excluding hydrogens is 428 g/mol. The number of nitrogens with one attached hydrogen (secondary N) is 1. The number of anilines is 2.